The molecule has 0 fully saturated rings. The van der Waals surface area contributed by atoms with Gasteiger partial charge in [-0.15, -0.1) is 0 Å². The van der Waals surface area contributed by atoms with E-state index in [2.05, 4.69) is 9.97 Å². The van der Waals surface area contributed by atoms with Gasteiger partial charge in [0.15, 0.2) is 11.6 Å². The molecule has 0 radical (unpaired) electrons. The molecule has 11 aromatic rings. The topological polar surface area (TPSA) is 69.9 Å². The fourth-order valence-corrected chi connectivity index (χ4v) is 6.19. The molecule has 6 heteroatoms. The molecular weight excluding hydrogens is 629 g/mol. The van der Waals surface area contributed by atoms with Crippen molar-refractivity contribution in [1.82, 2.24) is 19.5 Å². The van der Waals surface area contributed by atoms with Gasteiger partial charge >= 0.3 is 0 Å². The minimum absolute atomic E-state index is 0.179. The monoisotopic (exact) mass is 675 g/mol. The van der Waals surface area contributed by atoms with E-state index in [1.165, 1.54) is 0 Å². The third kappa shape index (κ3) is 4.20. The molecule has 7 aromatic carbocycles. The lowest BCUT2D eigenvalue weighted by molar-refractivity contribution is 0.669. The molecule has 0 N–H and O–H groups in total. The summed E-state index contributed by atoms with van der Waals surface area (Å²) in [7, 11) is 0. The first-order chi connectivity index (χ1) is 34.0. The van der Waals surface area contributed by atoms with Crippen molar-refractivity contribution in [3.63, 3.8) is 0 Å². The minimum atomic E-state index is -0.782. The first-order valence-electron chi connectivity index (χ1n) is 25.7. The van der Waals surface area contributed by atoms with Crippen LogP contribution in [0.4, 0.5) is 0 Å². The quantitative estimate of drug-likeness (QED) is 0.186. The van der Waals surface area contributed by atoms with Crippen molar-refractivity contribution in [1.29, 1.82) is 0 Å². The zero-order chi connectivity index (χ0) is 51.7. The van der Waals surface area contributed by atoms with Crippen LogP contribution in [0.15, 0.2) is 166 Å². The Kier molecular flexibility index (Phi) is 3.03. The fraction of sp³-hybridized carbons (Fsp3) is 0. The molecule has 238 valence electrons. The van der Waals surface area contributed by atoms with Gasteiger partial charge in [-0.3, -0.25) is 4.57 Å². The van der Waals surface area contributed by atoms with Crippen LogP contribution in [0.2, 0.25) is 0 Å². The van der Waals surface area contributed by atoms with E-state index in [0.29, 0.717) is 5.56 Å². The van der Waals surface area contributed by atoms with E-state index in [9.17, 15) is 9.60 Å². The number of nitrogens with zero attached hydrogens (tertiary/aromatic N) is 4. The van der Waals surface area contributed by atoms with E-state index in [1.54, 1.807) is 30.3 Å². The lowest BCUT2D eigenvalue weighted by atomic mass is 9.99. The standard InChI is InChI=1S/C45H26N4O2/c1-3-12-27(13-4-1)30-18-11-21-38-40(30)34-23-22-29(26-39(34)50-38)44-46-43(28-14-5-2-6-15-28)47-45(48-44)49-35-19-9-7-17-33(35)41-36(49)25-24-32-31-16-8-10-20-37(31)51-42(32)41/h1-26H/i1D,3D,4D,7D,8D,9D,10D,11D,12D,13D,16D,17D,18D,19D,20D,21D,22D,23D,24D,25D,26D. The normalized spacial score (nSPS) is 17.7. The maximum Gasteiger partial charge on any atom is 0.238 e. The van der Waals surface area contributed by atoms with Crippen LogP contribution in [0.25, 0.3) is 106 Å². The van der Waals surface area contributed by atoms with Gasteiger partial charge in [-0.05, 0) is 53.4 Å². The molecule has 51 heavy (non-hydrogen) atoms. The molecule has 0 saturated carbocycles. The van der Waals surface area contributed by atoms with Gasteiger partial charge in [-0.25, -0.2) is 4.98 Å². The summed E-state index contributed by atoms with van der Waals surface area (Å²) in [5.74, 6) is -1.21. The molecule has 4 aromatic heterocycles. The number of rotatable bonds is 4. The van der Waals surface area contributed by atoms with Gasteiger partial charge in [0.1, 0.15) is 22.3 Å². The summed E-state index contributed by atoms with van der Waals surface area (Å²) < 4.78 is 199. The second-order valence-corrected chi connectivity index (χ2v) is 11.2. The molecule has 0 aliphatic heterocycles. The van der Waals surface area contributed by atoms with Crippen molar-refractivity contribution < 1.29 is 37.6 Å². The van der Waals surface area contributed by atoms with E-state index in [1.807, 2.05) is 0 Å². The van der Waals surface area contributed by atoms with E-state index >= 15 is 0 Å². The van der Waals surface area contributed by atoms with Gasteiger partial charge in [-0.2, -0.15) is 9.97 Å². The lowest BCUT2D eigenvalue weighted by Crippen LogP contribution is -2.06. The average Bonchev–Trinajstić information content (AvgIpc) is 4.08. The Morgan fingerprint density at radius 2 is 1.22 bits per heavy atom. The Labute approximate surface area is 320 Å². The van der Waals surface area contributed by atoms with Crippen molar-refractivity contribution in [3.05, 3.63) is 157 Å². The van der Waals surface area contributed by atoms with Crippen LogP contribution in [0, 0.1) is 0 Å². The summed E-state index contributed by atoms with van der Waals surface area (Å²) in [6.45, 7) is 0. The van der Waals surface area contributed by atoms with Gasteiger partial charge < -0.3 is 8.83 Å². The van der Waals surface area contributed by atoms with E-state index < -0.39 is 167 Å². The van der Waals surface area contributed by atoms with E-state index in [0.717, 1.165) is 4.57 Å². The first-order valence-corrected chi connectivity index (χ1v) is 15.2. The highest BCUT2D eigenvalue weighted by Gasteiger charge is 2.22. The van der Waals surface area contributed by atoms with Crippen molar-refractivity contribution in [2.24, 2.45) is 0 Å². The van der Waals surface area contributed by atoms with E-state index in [4.69, 9.17) is 33.0 Å². The first kappa shape index (κ1) is 14.4. The zero-order valence-corrected chi connectivity index (χ0v) is 25.5. The molecule has 4 heterocycles. The number of aromatic nitrogens is 4. The fourth-order valence-electron chi connectivity index (χ4n) is 6.19. The molecule has 6 nitrogen and oxygen atoms in total. The molecular formula is C45H26N4O2. The highest BCUT2D eigenvalue weighted by atomic mass is 16.3. The van der Waals surface area contributed by atoms with Crippen LogP contribution in [-0.2, 0) is 0 Å². The molecule has 0 atom stereocenters. The van der Waals surface area contributed by atoms with Crippen LogP contribution in [0.1, 0.15) is 28.8 Å². The predicted molar refractivity (Wildman–Crippen MR) is 205 cm³/mol. The molecule has 0 unspecified atom stereocenters. The molecule has 11 rings (SSSR count). The Balaban J connectivity index is 1.30. The Bertz CT molecular complexity index is 4330. The third-order valence-corrected chi connectivity index (χ3v) is 8.37. The maximum atomic E-state index is 9.60. The highest BCUT2D eigenvalue weighted by Crippen LogP contribution is 2.41. The number of hydrogen-bond acceptors (Lipinski definition) is 5. The van der Waals surface area contributed by atoms with Gasteiger partial charge in [0.25, 0.3) is 0 Å². The summed E-state index contributed by atoms with van der Waals surface area (Å²) in [6.07, 6.45) is 0. The molecule has 0 spiro atoms. The SMILES string of the molecule is [2H]c1c([2H])c([2H])c(-c2c([2H])c([2H])c([2H])c3oc4c([2H])c(-c5nc(-c6ccccc6)nc(-n6c7c([2H])c([2H])c([2H])c([2H])c7c7c8oc9c([2H])c([2H])c([2H])c([2H])c9c8c([2H])c([2H])c76)n5)c([2H])c([2H])c4c23)c([2H])c1[2H]. The summed E-state index contributed by atoms with van der Waals surface area (Å²) in [5, 5.41) is -1.74. The third-order valence-electron chi connectivity index (χ3n) is 8.37. The van der Waals surface area contributed by atoms with Crippen molar-refractivity contribution in [2.75, 3.05) is 0 Å². The van der Waals surface area contributed by atoms with Gasteiger partial charge in [0.05, 0.1) is 45.2 Å². The summed E-state index contributed by atoms with van der Waals surface area (Å²) in [4.78, 5) is 14.0. The van der Waals surface area contributed by atoms with Gasteiger partial charge in [0.2, 0.25) is 5.95 Å². The predicted octanol–water partition coefficient (Wildman–Crippen LogP) is 11.8. The smallest absolute Gasteiger partial charge is 0.238 e. The minimum Gasteiger partial charge on any atom is -0.456 e. The number of para-hydroxylation sites is 2. The second kappa shape index (κ2) is 10.7. The summed E-state index contributed by atoms with van der Waals surface area (Å²) in [5.41, 5.74) is -3.70. The zero-order valence-electron chi connectivity index (χ0n) is 46.5. The number of benzene rings is 7. The summed E-state index contributed by atoms with van der Waals surface area (Å²) in [6, 6.07) is -6.81. The Hall–Kier alpha value is -7.05. The van der Waals surface area contributed by atoms with Gasteiger partial charge in [-0.1, -0.05) is 115 Å². The highest BCUT2D eigenvalue weighted by molar-refractivity contribution is 6.23. The van der Waals surface area contributed by atoms with E-state index in [-0.39, 0.29) is 60.3 Å². The Morgan fingerprint density at radius 3 is 2.10 bits per heavy atom. The lowest BCUT2D eigenvalue weighted by Gasteiger charge is -2.11. The Morgan fingerprint density at radius 1 is 0.471 bits per heavy atom. The second-order valence-electron chi connectivity index (χ2n) is 11.2. The van der Waals surface area contributed by atoms with Crippen LogP contribution < -0.4 is 0 Å². The molecule has 0 aliphatic carbocycles. The van der Waals surface area contributed by atoms with Gasteiger partial charge in [0, 0.05) is 38.1 Å². The van der Waals surface area contributed by atoms with Crippen LogP contribution in [0.5, 0.6) is 0 Å². The van der Waals surface area contributed by atoms with Crippen molar-refractivity contribution >= 4 is 65.7 Å². The number of hydrogen-bond donors (Lipinski definition) is 0. The van der Waals surface area contributed by atoms with Crippen molar-refractivity contribution in [2.45, 2.75) is 0 Å². The van der Waals surface area contributed by atoms with Crippen LogP contribution >= 0.6 is 0 Å². The largest absolute Gasteiger partial charge is 0.456 e. The van der Waals surface area contributed by atoms with Crippen LogP contribution in [-0.4, -0.2) is 19.5 Å². The molecule has 0 bridgehead atoms. The molecule has 0 amide bonds. The molecule has 0 aliphatic rings. The number of fused-ring (bicyclic) bond motifs is 10. The van der Waals surface area contributed by atoms with Crippen LogP contribution in [0.3, 0.4) is 0 Å². The maximum absolute atomic E-state index is 9.60. The average molecular weight is 676 g/mol. The van der Waals surface area contributed by atoms with Crippen molar-refractivity contribution in [3.8, 4) is 39.9 Å². The number of furan rings is 2. The molecule has 0 saturated heterocycles. The summed E-state index contributed by atoms with van der Waals surface area (Å²) >= 11 is 0.